The van der Waals surface area contributed by atoms with E-state index in [4.69, 9.17) is 0 Å². The van der Waals surface area contributed by atoms with E-state index >= 15 is 0 Å². The van der Waals surface area contributed by atoms with Crippen LogP contribution in [0.1, 0.15) is 31.0 Å². The Morgan fingerprint density at radius 1 is 1.27 bits per heavy atom. The number of piperidine rings is 1. The van der Waals surface area contributed by atoms with Gasteiger partial charge in [0.1, 0.15) is 5.75 Å². The molecule has 0 spiro atoms. The standard InChI is InChI=1S/C18H20N2O2/c1-18-9-8-16(22)20(3)15(18)7-5-12-13-10-11(21)4-6-14(13)19(2)17(12)18/h4,6-7,10,21H,5,8-9H2,1-3H3. The van der Waals surface area contributed by atoms with Crippen LogP contribution in [0.15, 0.2) is 30.0 Å². The van der Waals surface area contributed by atoms with Crippen molar-refractivity contribution < 1.29 is 9.90 Å². The molecule has 1 unspecified atom stereocenters. The molecule has 0 radical (unpaired) electrons. The van der Waals surface area contributed by atoms with Crippen LogP contribution in [0.25, 0.3) is 10.9 Å². The van der Waals surface area contributed by atoms with Crippen LogP contribution in [0.3, 0.4) is 0 Å². The lowest BCUT2D eigenvalue weighted by Crippen LogP contribution is -2.45. The number of aromatic nitrogens is 1. The van der Waals surface area contributed by atoms with E-state index in [-0.39, 0.29) is 11.3 Å². The summed E-state index contributed by atoms with van der Waals surface area (Å²) >= 11 is 0. The van der Waals surface area contributed by atoms with Crippen molar-refractivity contribution in [3.63, 3.8) is 0 Å². The molecule has 1 aliphatic heterocycles. The predicted molar refractivity (Wildman–Crippen MR) is 85.7 cm³/mol. The van der Waals surface area contributed by atoms with Crippen LogP contribution in [-0.4, -0.2) is 27.5 Å². The first-order valence-corrected chi connectivity index (χ1v) is 7.71. The maximum Gasteiger partial charge on any atom is 0.226 e. The number of rotatable bonds is 0. The molecule has 1 N–H and O–H groups in total. The molecule has 1 atom stereocenters. The van der Waals surface area contributed by atoms with Crippen LogP contribution in [0.4, 0.5) is 0 Å². The third-order valence-corrected chi connectivity index (χ3v) is 5.45. The molecule has 114 valence electrons. The lowest BCUT2D eigenvalue weighted by atomic mass is 9.71. The fourth-order valence-corrected chi connectivity index (χ4v) is 4.38. The predicted octanol–water partition coefficient (Wildman–Crippen LogP) is 2.83. The number of fused-ring (bicyclic) bond motifs is 5. The summed E-state index contributed by atoms with van der Waals surface area (Å²) in [7, 11) is 3.97. The van der Waals surface area contributed by atoms with E-state index in [0.717, 1.165) is 29.4 Å². The van der Waals surface area contributed by atoms with Gasteiger partial charge >= 0.3 is 0 Å². The quantitative estimate of drug-likeness (QED) is 0.812. The van der Waals surface area contributed by atoms with E-state index < -0.39 is 0 Å². The highest BCUT2D eigenvalue weighted by Gasteiger charge is 2.44. The maximum atomic E-state index is 12.1. The molecule has 1 aromatic heterocycles. The van der Waals surface area contributed by atoms with Gasteiger partial charge in [-0.25, -0.2) is 0 Å². The molecular weight excluding hydrogens is 276 g/mol. The van der Waals surface area contributed by atoms with E-state index in [1.54, 1.807) is 6.07 Å². The summed E-state index contributed by atoms with van der Waals surface area (Å²) in [5, 5.41) is 11.0. The summed E-state index contributed by atoms with van der Waals surface area (Å²) in [6.07, 6.45) is 4.41. The molecule has 0 saturated carbocycles. The van der Waals surface area contributed by atoms with Crippen molar-refractivity contribution in [2.24, 2.45) is 7.05 Å². The number of likely N-dealkylation sites (tertiary alicyclic amines) is 1. The minimum Gasteiger partial charge on any atom is -0.508 e. The van der Waals surface area contributed by atoms with E-state index in [0.29, 0.717) is 12.2 Å². The van der Waals surface area contributed by atoms with Crippen LogP contribution in [0.5, 0.6) is 5.75 Å². The Morgan fingerprint density at radius 3 is 2.82 bits per heavy atom. The number of phenolic OH excluding ortho intramolecular Hbond substituents is 1. The van der Waals surface area contributed by atoms with Crippen molar-refractivity contribution in [3.8, 4) is 5.75 Å². The van der Waals surface area contributed by atoms with E-state index in [9.17, 15) is 9.90 Å². The van der Waals surface area contributed by atoms with Gasteiger partial charge < -0.3 is 14.6 Å². The van der Waals surface area contributed by atoms with Crippen LogP contribution >= 0.6 is 0 Å². The van der Waals surface area contributed by atoms with Gasteiger partial charge in [-0.3, -0.25) is 4.79 Å². The third-order valence-electron chi connectivity index (χ3n) is 5.45. The first kappa shape index (κ1) is 13.4. The molecule has 0 bridgehead atoms. The Bertz CT molecular complexity index is 846. The fourth-order valence-electron chi connectivity index (χ4n) is 4.38. The molecule has 22 heavy (non-hydrogen) atoms. The van der Waals surface area contributed by atoms with Crippen molar-refractivity contribution in [1.29, 1.82) is 0 Å². The second-order valence-corrected chi connectivity index (χ2v) is 6.67. The Kier molecular flexibility index (Phi) is 2.54. The Balaban J connectivity index is 2.02. The number of nitrogens with zero attached hydrogens (tertiary/aromatic N) is 2. The second kappa shape index (κ2) is 4.15. The summed E-state index contributed by atoms with van der Waals surface area (Å²) in [6.45, 7) is 2.23. The SMILES string of the molecule is CN1C(=O)CCC2(C)C1=CCc1c2n(C)c2ccc(O)cc12. The van der Waals surface area contributed by atoms with Crippen LogP contribution in [0, 0.1) is 0 Å². The van der Waals surface area contributed by atoms with Crippen LogP contribution < -0.4 is 0 Å². The highest BCUT2D eigenvalue weighted by Crippen LogP contribution is 2.48. The number of carbonyl (C=O) groups is 1. The number of aryl methyl sites for hydroxylation is 1. The number of phenols is 1. The first-order chi connectivity index (χ1) is 10.4. The number of hydrogen-bond acceptors (Lipinski definition) is 2. The number of amides is 1. The molecular formula is C18H20N2O2. The molecule has 1 aliphatic carbocycles. The van der Waals surface area contributed by atoms with Gasteiger partial charge in [0.15, 0.2) is 0 Å². The number of benzene rings is 1. The monoisotopic (exact) mass is 296 g/mol. The number of aromatic hydroxyl groups is 1. The van der Waals surface area contributed by atoms with Gasteiger partial charge in [-0.2, -0.15) is 0 Å². The van der Waals surface area contributed by atoms with Crippen LogP contribution in [-0.2, 0) is 23.7 Å². The molecule has 1 fully saturated rings. The molecule has 4 nitrogen and oxygen atoms in total. The molecule has 4 heteroatoms. The largest absolute Gasteiger partial charge is 0.508 e. The first-order valence-electron chi connectivity index (χ1n) is 7.71. The molecule has 2 aromatic rings. The zero-order chi connectivity index (χ0) is 15.6. The van der Waals surface area contributed by atoms with E-state index in [2.05, 4.69) is 24.6 Å². The van der Waals surface area contributed by atoms with Gasteiger partial charge in [-0.05, 0) is 43.5 Å². The van der Waals surface area contributed by atoms with Crippen molar-refractivity contribution in [2.45, 2.75) is 31.6 Å². The summed E-state index contributed by atoms with van der Waals surface area (Å²) < 4.78 is 2.24. The summed E-state index contributed by atoms with van der Waals surface area (Å²) in [6, 6.07) is 5.57. The zero-order valence-electron chi connectivity index (χ0n) is 13.2. The number of hydrogen-bond donors (Lipinski definition) is 1. The van der Waals surface area contributed by atoms with Gasteiger partial charge in [0, 0.05) is 48.2 Å². The second-order valence-electron chi connectivity index (χ2n) is 6.67. The lowest BCUT2D eigenvalue weighted by Gasteiger charge is -2.44. The van der Waals surface area contributed by atoms with Crippen molar-refractivity contribution >= 4 is 16.8 Å². The van der Waals surface area contributed by atoms with Gasteiger partial charge in [0.25, 0.3) is 0 Å². The van der Waals surface area contributed by atoms with Crippen molar-refractivity contribution in [1.82, 2.24) is 9.47 Å². The fraction of sp³-hybridized carbons (Fsp3) is 0.389. The van der Waals surface area contributed by atoms with Gasteiger partial charge in [-0.15, -0.1) is 0 Å². The highest BCUT2D eigenvalue weighted by molar-refractivity contribution is 5.89. The molecule has 4 rings (SSSR count). The maximum absolute atomic E-state index is 12.1. The van der Waals surface area contributed by atoms with Gasteiger partial charge in [-0.1, -0.05) is 6.08 Å². The lowest BCUT2D eigenvalue weighted by molar-refractivity contribution is -0.131. The molecule has 2 aliphatic rings. The smallest absolute Gasteiger partial charge is 0.226 e. The number of allylic oxidation sites excluding steroid dienone is 2. The third kappa shape index (κ3) is 1.50. The molecule has 1 amide bonds. The normalized spacial score (nSPS) is 24.2. The summed E-state index contributed by atoms with van der Waals surface area (Å²) in [5.74, 6) is 0.500. The Morgan fingerprint density at radius 2 is 2.05 bits per heavy atom. The minimum atomic E-state index is -0.139. The zero-order valence-corrected chi connectivity index (χ0v) is 13.2. The average Bonchev–Trinajstić information content (AvgIpc) is 2.77. The number of carbonyl (C=O) groups excluding carboxylic acids is 1. The van der Waals surface area contributed by atoms with Gasteiger partial charge in [0.05, 0.1) is 0 Å². The highest BCUT2D eigenvalue weighted by atomic mass is 16.3. The summed E-state index contributed by atoms with van der Waals surface area (Å²) in [4.78, 5) is 13.9. The Labute approximate surface area is 129 Å². The minimum absolute atomic E-state index is 0.139. The van der Waals surface area contributed by atoms with Crippen molar-refractivity contribution in [2.75, 3.05) is 7.05 Å². The molecule has 1 saturated heterocycles. The average molecular weight is 296 g/mol. The number of likely N-dealkylation sites (N-methyl/N-ethyl adjacent to an activating group) is 1. The van der Waals surface area contributed by atoms with Crippen molar-refractivity contribution in [3.05, 3.63) is 41.2 Å². The van der Waals surface area contributed by atoms with E-state index in [1.165, 1.54) is 11.3 Å². The topological polar surface area (TPSA) is 45.5 Å². The molecule has 2 heterocycles. The van der Waals surface area contributed by atoms with Gasteiger partial charge in [0.2, 0.25) is 5.91 Å². The summed E-state index contributed by atoms with van der Waals surface area (Å²) in [5.41, 5.74) is 4.68. The van der Waals surface area contributed by atoms with E-state index in [1.807, 2.05) is 24.1 Å². The Hall–Kier alpha value is -2.23. The van der Waals surface area contributed by atoms with Crippen LogP contribution in [0.2, 0.25) is 0 Å². The molecule has 1 aromatic carbocycles.